The molecule has 0 aliphatic heterocycles. The van der Waals surface area contributed by atoms with Crippen molar-refractivity contribution in [2.75, 3.05) is 13.2 Å². The highest BCUT2D eigenvalue weighted by Gasteiger charge is 2.19. The van der Waals surface area contributed by atoms with Crippen LogP contribution in [0.5, 0.6) is 0 Å². The van der Waals surface area contributed by atoms with E-state index in [0.717, 1.165) is 64.2 Å². The summed E-state index contributed by atoms with van der Waals surface area (Å²) in [7, 11) is 0. The Hall–Kier alpha value is -2.11. The van der Waals surface area contributed by atoms with Crippen molar-refractivity contribution in [1.29, 1.82) is 0 Å². The number of hydrogen-bond donors (Lipinski definition) is 0. The Balaban J connectivity index is 4.09. The van der Waals surface area contributed by atoms with Crippen LogP contribution in [0.3, 0.4) is 0 Å². The molecular formula is C75H142O6. The lowest BCUT2D eigenvalue weighted by atomic mass is 10.0. The molecule has 0 rings (SSSR count). The van der Waals surface area contributed by atoms with Gasteiger partial charge in [-0.2, -0.15) is 0 Å². The summed E-state index contributed by atoms with van der Waals surface area (Å²) in [4.78, 5) is 38.4. The van der Waals surface area contributed by atoms with E-state index in [4.69, 9.17) is 14.2 Å². The van der Waals surface area contributed by atoms with E-state index in [1.54, 1.807) is 0 Å². The molecule has 0 N–H and O–H groups in total. The number of unbranched alkanes of at least 4 members (excludes halogenated alkanes) is 54. The minimum atomic E-state index is -0.774. The molecule has 6 nitrogen and oxygen atoms in total. The van der Waals surface area contributed by atoms with Gasteiger partial charge in [0.2, 0.25) is 0 Å². The fourth-order valence-corrected chi connectivity index (χ4v) is 11.4. The largest absolute Gasteiger partial charge is 0.462 e. The molecule has 0 aromatic heterocycles. The minimum absolute atomic E-state index is 0.0694. The van der Waals surface area contributed by atoms with Crippen molar-refractivity contribution < 1.29 is 28.6 Å². The number of carbonyl (C=O) groups excluding carboxylic acids is 3. The average Bonchev–Trinajstić information content (AvgIpc) is 3.47. The quantitative estimate of drug-likeness (QED) is 0.0261. The first kappa shape index (κ1) is 78.9. The molecule has 0 amide bonds. The zero-order chi connectivity index (χ0) is 58.5. The molecule has 1 atom stereocenters. The summed E-state index contributed by atoms with van der Waals surface area (Å²) in [5.74, 6) is -0.852. The molecule has 6 heteroatoms. The molecule has 0 aromatic carbocycles. The summed E-state index contributed by atoms with van der Waals surface area (Å²) < 4.78 is 17.0. The van der Waals surface area contributed by atoms with Crippen molar-refractivity contribution in [2.45, 2.75) is 425 Å². The van der Waals surface area contributed by atoms with Crippen molar-refractivity contribution in [3.63, 3.8) is 0 Å². The maximum Gasteiger partial charge on any atom is 0.306 e. The molecule has 0 saturated heterocycles. The van der Waals surface area contributed by atoms with Crippen LogP contribution in [0.1, 0.15) is 419 Å². The summed E-state index contributed by atoms with van der Waals surface area (Å²) in [5.41, 5.74) is 0. The predicted molar refractivity (Wildman–Crippen MR) is 353 cm³/mol. The van der Waals surface area contributed by atoms with E-state index in [2.05, 4.69) is 45.1 Å². The molecule has 0 aliphatic rings. The zero-order valence-corrected chi connectivity index (χ0v) is 55.1. The van der Waals surface area contributed by atoms with E-state index in [1.807, 2.05) is 0 Å². The summed E-state index contributed by atoms with van der Waals surface area (Å²) in [6.45, 7) is 6.68. The fraction of sp³-hybridized carbons (Fsp3) is 0.907. The lowest BCUT2D eigenvalue weighted by Gasteiger charge is -2.18. The maximum atomic E-state index is 12.9. The van der Waals surface area contributed by atoms with Gasteiger partial charge in [0.15, 0.2) is 6.10 Å². The Morgan fingerprint density at radius 2 is 0.407 bits per heavy atom. The Bertz CT molecular complexity index is 1310. The van der Waals surface area contributed by atoms with Crippen molar-refractivity contribution >= 4 is 17.9 Å². The summed E-state index contributed by atoms with van der Waals surface area (Å²) in [5, 5.41) is 0. The summed E-state index contributed by atoms with van der Waals surface area (Å²) in [6.07, 6.45) is 86.7. The Morgan fingerprint density at radius 1 is 0.235 bits per heavy atom. The number of carbonyl (C=O) groups is 3. The van der Waals surface area contributed by atoms with Crippen molar-refractivity contribution in [3.8, 4) is 0 Å². The lowest BCUT2D eigenvalue weighted by molar-refractivity contribution is -0.167. The van der Waals surface area contributed by atoms with E-state index in [1.165, 1.54) is 315 Å². The standard InChI is InChI=1S/C75H142O6/c1-4-7-10-13-16-19-22-25-27-29-31-32-33-34-35-36-37-38-39-40-41-42-43-45-46-48-50-53-56-59-62-65-68-74(77)80-71-72(70-79-73(76)67-64-61-58-55-52-24-21-18-15-12-9-6-3)81-75(78)69-66-63-60-57-54-51-49-47-44-30-28-26-23-20-17-14-11-8-5-2/h18,21,26,28,72H,4-17,19-20,22-25,27,29-71H2,1-3H3/b21-18-,28-26-. The monoisotopic (exact) mass is 1140 g/mol. The highest BCUT2D eigenvalue weighted by molar-refractivity contribution is 5.71. The molecule has 478 valence electrons. The predicted octanol–water partition coefficient (Wildman–Crippen LogP) is 25.3. The van der Waals surface area contributed by atoms with Crippen LogP contribution in [-0.2, 0) is 28.6 Å². The fourth-order valence-electron chi connectivity index (χ4n) is 11.4. The molecule has 0 radical (unpaired) electrons. The van der Waals surface area contributed by atoms with Crippen LogP contribution in [0.25, 0.3) is 0 Å². The third-order valence-electron chi connectivity index (χ3n) is 16.9. The number of esters is 3. The number of ether oxygens (including phenoxy) is 3. The van der Waals surface area contributed by atoms with Crippen LogP contribution >= 0.6 is 0 Å². The number of allylic oxidation sites excluding steroid dienone is 4. The van der Waals surface area contributed by atoms with E-state index in [9.17, 15) is 14.4 Å². The van der Waals surface area contributed by atoms with Gasteiger partial charge in [-0.1, -0.05) is 353 Å². The molecule has 0 saturated carbocycles. The van der Waals surface area contributed by atoms with Crippen LogP contribution in [0.2, 0.25) is 0 Å². The molecule has 0 spiro atoms. The Labute approximate surface area is 506 Å². The molecular weight excluding hydrogens is 997 g/mol. The highest BCUT2D eigenvalue weighted by atomic mass is 16.6. The normalized spacial score (nSPS) is 12.1. The Kier molecular flexibility index (Phi) is 68.5. The van der Waals surface area contributed by atoms with Gasteiger partial charge in [-0.15, -0.1) is 0 Å². The second kappa shape index (κ2) is 70.4. The van der Waals surface area contributed by atoms with Crippen molar-refractivity contribution in [1.82, 2.24) is 0 Å². The second-order valence-corrected chi connectivity index (χ2v) is 25.2. The van der Waals surface area contributed by atoms with Gasteiger partial charge >= 0.3 is 17.9 Å². The first-order chi connectivity index (χ1) is 40.0. The SMILES string of the molecule is CCCCC/C=C\CCCCCCCC(=O)OCC(COC(=O)CCCCCCCCCCCCCCCCCCCCCCCCCCCCCCCCCC)OC(=O)CCCCCCCCCCC/C=C\CCCCCCCC. The molecule has 1 unspecified atom stereocenters. The van der Waals surface area contributed by atoms with Crippen molar-refractivity contribution in [2.24, 2.45) is 0 Å². The summed E-state index contributed by atoms with van der Waals surface area (Å²) >= 11 is 0. The van der Waals surface area contributed by atoms with Crippen LogP contribution < -0.4 is 0 Å². The van der Waals surface area contributed by atoms with Gasteiger partial charge in [0.1, 0.15) is 13.2 Å². The van der Waals surface area contributed by atoms with Gasteiger partial charge in [-0.3, -0.25) is 14.4 Å². The van der Waals surface area contributed by atoms with Crippen LogP contribution in [-0.4, -0.2) is 37.2 Å². The van der Waals surface area contributed by atoms with Gasteiger partial charge in [0, 0.05) is 19.3 Å². The van der Waals surface area contributed by atoms with Gasteiger partial charge in [-0.25, -0.2) is 0 Å². The topological polar surface area (TPSA) is 78.9 Å². The molecule has 0 aliphatic carbocycles. The smallest absolute Gasteiger partial charge is 0.306 e. The van der Waals surface area contributed by atoms with Gasteiger partial charge < -0.3 is 14.2 Å². The van der Waals surface area contributed by atoms with E-state index in [0.29, 0.717) is 19.3 Å². The van der Waals surface area contributed by atoms with Gasteiger partial charge in [0.05, 0.1) is 0 Å². The van der Waals surface area contributed by atoms with E-state index in [-0.39, 0.29) is 31.1 Å². The van der Waals surface area contributed by atoms with E-state index >= 15 is 0 Å². The first-order valence-corrected chi connectivity index (χ1v) is 36.8. The van der Waals surface area contributed by atoms with Crippen molar-refractivity contribution in [3.05, 3.63) is 24.3 Å². The molecule has 0 heterocycles. The molecule has 0 fully saturated rings. The van der Waals surface area contributed by atoms with E-state index < -0.39 is 6.10 Å². The zero-order valence-electron chi connectivity index (χ0n) is 55.1. The summed E-state index contributed by atoms with van der Waals surface area (Å²) in [6, 6.07) is 0. The lowest BCUT2D eigenvalue weighted by Crippen LogP contribution is -2.30. The van der Waals surface area contributed by atoms with Crippen LogP contribution in [0.15, 0.2) is 24.3 Å². The maximum absolute atomic E-state index is 12.9. The third-order valence-corrected chi connectivity index (χ3v) is 16.9. The number of rotatable bonds is 69. The van der Waals surface area contributed by atoms with Crippen LogP contribution in [0.4, 0.5) is 0 Å². The third kappa shape index (κ3) is 68.6. The van der Waals surface area contributed by atoms with Gasteiger partial charge in [0.25, 0.3) is 0 Å². The second-order valence-electron chi connectivity index (χ2n) is 25.2. The highest BCUT2D eigenvalue weighted by Crippen LogP contribution is 2.19. The molecule has 0 aromatic rings. The molecule has 81 heavy (non-hydrogen) atoms. The van der Waals surface area contributed by atoms with Gasteiger partial charge in [-0.05, 0) is 70.6 Å². The first-order valence-electron chi connectivity index (χ1n) is 36.8. The van der Waals surface area contributed by atoms with Crippen LogP contribution in [0, 0.1) is 0 Å². The Morgan fingerprint density at radius 3 is 0.642 bits per heavy atom. The average molecular weight is 1140 g/mol. The number of hydrogen-bond acceptors (Lipinski definition) is 6. The molecule has 0 bridgehead atoms. The minimum Gasteiger partial charge on any atom is -0.462 e.